The summed E-state index contributed by atoms with van der Waals surface area (Å²) in [5.41, 5.74) is 10.0. The summed E-state index contributed by atoms with van der Waals surface area (Å²) in [5, 5.41) is 2.73. The Bertz CT molecular complexity index is 896. The number of ether oxygens (including phenoxy) is 2. The van der Waals surface area contributed by atoms with Gasteiger partial charge in [-0.3, -0.25) is 0 Å². The fourth-order valence-electron chi connectivity index (χ4n) is 2.85. The van der Waals surface area contributed by atoms with Gasteiger partial charge in [0.15, 0.2) is 0 Å². The van der Waals surface area contributed by atoms with Crippen molar-refractivity contribution in [3.8, 4) is 16.9 Å². The zero-order valence-corrected chi connectivity index (χ0v) is 16.3. The number of nitrogens with one attached hydrogen (secondary N) is 1. The summed E-state index contributed by atoms with van der Waals surface area (Å²) in [7, 11) is 0. The molecule has 3 aromatic rings. The average Bonchev–Trinajstić information content (AvgIpc) is 2.78. The van der Waals surface area contributed by atoms with E-state index in [4.69, 9.17) is 15.2 Å². The van der Waals surface area contributed by atoms with E-state index in [0.717, 1.165) is 28.0 Å². The second-order valence-corrected chi connectivity index (χ2v) is 6.62. The van der Waals surface area contributed by atoms with E-state index in [2.05, 4.69) is 17.4 Å². The van der Waals surface area contributed by atoms with Crippen LogP contribution in [-0.4, -0.2) is 19.2 Å². The molecule has 3 N–H and O–H groups in total. The molecule has 0 fully saturated rings. The maximum atomic E-state index is 11.7. The van der Waals surface area contributed by atoms with Crippen LogP contribution in [0.15, 0.2) is 78.9 Å². The lowest BCUT2D eigenvalue weighted by Gasteiger charge is -2.09. The molecule has 3 rings (SSSR count). The van der Waals surface area contributed by atoms with Crippen LogP contribution in [0, 0.1) is 0 Å². The van der Waals surface area contributed by atoms with Crippen molar-refractivity contribution in [2.75, 3.05) is 13.2 Å². The van der Waals surface area contributed by atoms with Crippen molar-refractivity contribution in [2.45, 2.75) is 19.6 Å². The van der Waals surface area contributed by atoms with Gasteiger partial charge in [0.25, 0.3) is 0 Å². The lowest BCUT2D eigenvalue weighted by Crippen LogP contribution is -2.26. The zero-order valence-electron chi connectivity index (χ0n) is 16.3. The number of amides is 1. The monoisotopic (exact) mass is 390 g/mol. The molecule has 0 aliphatic heterocycles. The van der Waals surface area contributed by atoms with Crippen LogP contribution in [0.5, 0.6) is 5.75 Å². The fraction of sp³-hybridized carbons (Fsp3) is 0.208. The lowest BCUT2D eigenvalue weighted by molar-refractivity contribution is 0.139. The van der Waals surface area contributed by atoms with Gasteiger partial charge < -0.3 is 20.5 Å². The largest absolute Gasteiger partial charge is 0.494 e. The van der Waals surface area contributed by atoms with Gasteiger partial charge in [-0.2, -0.15) is 0 Å². The molecule has 0 spiro atoms. The second kappa shape index (κ2) is 10.9. The van der Waals surface area contributed by atoms with Gasteiger partial charge in [0.1, 0.15) is 12.4 Å². The maximum Gasteiger partial charge on any atom is 0.407 e. The number of carbonyl (C=O) groups excluding carboxylic acids is 1. The molecule has 0 bridgehead atoms. The minimum absolute atomic E-state index is 0.268. The molecule has 0 heterocycles. The van der Waals surface area contributed by atoms with Crippen molar-refractivity contribution < 1.29 is 14.3 Å². The first-order valence-electron chi connectivity index (χ1n) is 9.71. The van der Waals surface area contributed by atoms with E-state index in [1.165, 1.54) is 0 Å². The summed E-state index contributed by atoms with van der Waals surface area (Å²) in [5.74, 6) is 0.801. The van der Waals surface area contributed by atoms with Crippen LogP contribution in [0.3, 0.4) is 0 Å². The minimum atomic E-state index is -0.419. The third-order valence-electron chi connectivity index (χ3n) is 4.42. The Morgan fingerprint density at radius 3 is 2.38 bits per heavy atom. The molecule has 3 aromatic carbocycles. The molecule has 5 heteroatoms. The highest BCUT2D eigenvalue weighted by molar-refractivity contribution is 5.67. The van der Waals surface area contributed by atoms with E-state index < -0.39 is 6.09 Å². The molecule has 0 aliphatic rings. The smallest absolute Gasteiger partial charge is 0.407 e. The van der Waals surface area contributed by atoms with Crippen LogP contribution in [0.2, 0.25) is 0 Å². The summed E-state index contributed by atoms with van der Waals surface area (Å²) in [6.07, 6.45) is 0.277. The highest BCUT2D eigenvalue weighted by atomic mass is 16.5. The van der Waals surface area contributed by atoms with Crippen LogP contribution < -0.4 is 15.8 Å². The highest BCUT2D eigenvalue weighted by Crippen LogP contribution is 2.23. The number of rotatable bonds is 9. The van der Waals surface area contributed by atoms with Gasteiger partial charge in [-0.25, -0.2) is 4.79 Å². The molecular weight excluding hydrogens is 364 g/mol. The first kappa shape index (κ1) is 20.4. The molecule has 29 heavy (non-hydrogen) atoms. The molecule has 0 aliphatic carbocycles. The average molecular weight is 390 g/mol. The summed E-state index contributed by atoms with van der Waals surface area (Å²) in [6, 6.07) is 25.8. The van der Waals surface area contributed by atoms with Crippen molar-refractivity contribution in [1.82, 2.24) is 5.32 Å². The second-order valence-electron chi connectivity index (χ2n) is 6.62. The van der Waals surface area contributed by atoms with E-state index in [0.29, 0.717) is 26.1 Å². The zero-order chi connectivity index (χ0) is 20.3. The minimum Gasteiger partial charge on any atom is -0.494 e. The fourth-order valence-corrected chi connectivity index (χ4v) is 2.85. The Labute approximate surface area is 171 Å². The molecule has 150 valence electrons. The molecule has 1 amide bonds. The summed E-state index contributed by atoms with van der Waals surface area (Å²) < 4.78 is 10.9. The van der Waals surface area contributed by atoms with Gasteiger partial charge in [-0.15, -0.1) is 0 Å². The number of benzene rings is 3. The lowest BCUT2D eigenvalue weighted by atomic mass is 10.0. The molecule has 0 radical (unpaired) electrons. The van der Waals surface area contributed by atoms with Gasteiger partial charge in [-0.1, -0.05) is 60.7 Å². The maximum absolute atomic E-state index is 11.7. The standard InChI is InChI=1S/C24H26N2O3/c25-17-20-8-4-9-22(16-20)21-10-12-23(13-11-21)28-15-5-14-26-24(27)29-18-19-6-2-1-3-7-19/h1-4,6-13,16H,5,14-15,17-18,25H2,(H,26,27). The Hall–Kier alpha value is -3.31. The van der Waals surface area contributed by atoms with E-state index in [9.17, 15) is 4.79 Å². The van der Waals surface area contributed by atoms with Gasteiger partial charge in [-0.05, 0) is 46.9 Å². The number of carbonyl (C=O) groups is 1. The molecule has 0 saturated heterocycles. The Morgan fingerprint density at radius 1 is 0.862 bits per heavy atom. The first-order valence-corrected chi connectivity index (χ1v) is 9.71. The summed E-state index contributed by atoms with van der Waals surface area (Å²) >= 11 is 0. The third kappa shape index (κ3) is 6.66. The van der Waals surface area contributed by atoms with Crippen molar-refractivity contribution in [3.63, 3.8) is 0 Å². The van der Waals surface area contributed by atoms with Crippen molar-refractivity contribution >= 4 is 6.09 Å². The summed E-state index contributed by atoms with van der Waals surface area (Å²) in [6.45, 7) is 1.81. The molecule has 5 nitrogen and oxygen atoms in total. The quantitative estimate of drug-likeness (QED) is 0.527. The summed E-state index contributed by atoms with van der Waals surface area (Å²) in [4.78, 5) is 11.7. The Balaban J connectivity index is 1.34. The molecule has 0 aromatic heterocycles. The number of hydrogen-bond donors (Lipinski definition) is 2. The molecule has 0 saturated carbocycles. The number of nitrogens with two attached hydrogens (primary N) is 1. The Morgan fingerprint density at radius 2 is 1.62 bits per heavy atom. The van der Waals surface area contributed by atoms with E-state index in [-0.39, 0.29) is 6.61 Å². The molecule has 0 atom stereocenters. The topological polar surface area (TPSA) is 73.6 Å². The predicted molar refractivity (Wildman–Crippen MR) is 115 cm³/mol. The van der Waals surface area contributed by atoms with Gasteiger partial charge in [0, 0.05) is 13.1 Å². The molecule has 0 unspecified atom stereocenters. The van der Waals surface area contributed by atoms with E-state index >= 15 is 0 Å². The van der Waals surface area contributed by atoms with Crippen molar-refractivity contribution in [2.24, 2.45) is 5.73 Å². The number of hydrogen-bond acceptors (Lipinski definition) is 4. The van der Waals surface area contributed by atoms with Gasteiger partial charge in [0.05, 0.1) is 6.61 Å². The van der Waals surface area contributed by atoms with Crippen LogP contribution in [-0.2, 0) is 17.9 Å². The third-order valence-corrected chi connectivity index (χ3v) is 4.42. The van der Waals surface area contributed by atoms with Crippen LogP contribution in [0.1, 0.15) is 17.5 Å². The normalized spacial score (nSPS) is 10.4. The molecular formula is C24H26N2O3. The first-order chi connectivity index (χ1) is 14.2. The van der Waals surface area contributed by atoms with Crippen molar-refractivity contribution in [3.05, 3.63) is 90.0 Å². The van der Waals surface area contributed by atoms with Crippen LogP contribution in [0.4, 0.5) is 4.79 Å². The highest BCUT2D eigenvalue weighted by Gasteiger charge is 2.03. The van der Waals surface area contributed by atoms with E-state index in [1.54, 1.807) is 0 Å². The predicted octanol–water partition coefficient (Wildman–Crippen LogP) is 4.51. The van der Waals surface area contributed by atoms with Gasteiger partial charge >= 0.3 is 6.09 Å². The Kier molecular flexibility index (Phi) is 7.66. The van der Waals surface area contributed by atoms with Gasteiger partial charge in [0.2, 0.25) is 0 Å². The van der Waals surface area contributed by atoms with Crippen molar-refractivity contribution in [1.29, 1.82) is 0 Å². The number of alkyl carbamates (subject to hydrolysis) is 1. The van der Waals surface area contributed by atoms with Crippen LogP contribution >= 0.6 is 0 Å². The van der Waals surface area contributed by atoms with E-state index in [1.807, 2.05) is 66.7 Å². The SMILES string of the molecule is NCc1cccc(-c2ccc(OCCCNC(=O)OCc3ccccc3)cc2)c1. The van der Waals surface area contributed by atoms with Crippen LogP contribution in [0.25, 0.3) is 11.1 Å².